The molecule has 0 saturated carbocycles. The van der Waals surface area contributed by atoms with Crippen LogP contribution in [0.15, 0.2) is 24.3 Å². The van der Waals surface area contributed by atoms with Gasteiger partial charge < -0.3 is 10.6 Å². The maximum absolute atomic E-state index is 5.97. The maximum Gasteiger partial charge on any atom is 0.0366 e. The zero-order valence-corrected chi connectivity index (χ0v) is 12.4. The molecule has 0 aromatic heterocycles. The Hall–Kier alpha value is -1.02. The van der Waals surface area contributed by atoms with E-state index in [4.69, 9.17) is 5.73 Å². The van der Waals surface area contributed by atoms with Crippen molar-refractivity contribution in [3.63, 3.8) is 0 Å². The van der Waals surface area contributed by atoms with Gasteiger partial charge in [0.2, 0.25) is 0 Å². The third kappa shape index (κ3) is 4.02. The smallest absolute Gasteiger partial charge is 0.0366 e. The Morgan fingerprint density at radius 3 is 2.22 bits per heavy atom. The molecule has 1 atom stereocenters. The van der Waals surface area contributed by atoms with Gasteiger partial charge in [-0.25, -0.2) is 0 Å². The predicted octanol–water partition coefficient (Wildman–Crippen LogP) is 3.59. The van der Waals surface area contributed by atoms with Crippen LogP contribution in [0.25, 0.3) is 0 Å². The van der Waals surface area contributed by atoms with Crippen LogP contribution in [0.1, 0.15) is 39.2 Å². The number of hydrogen-bond donors (Lipinski definition) is 1. The molecule has 0 aliphatic rings. The normalized spacial score (nSPS) is 14.3. The summed E-state index contributed by atoms with van der Waals surface area (Å²) >= 11 is 0. The van der Waals surface area contributed by atoms with E-state index in [0.29, 0.717) is 0 Å². The summed E-state index contributed by atoms with van der Waals surface area (Å²) in [6, 6.07) is 8.78. The van der Waals surface area contributed by atoms with Crippen molar-refractivity contribution in [3.8, 4) is 0 Å². The largest absolute Gasteiger partial charge is 0.371 e. The van der Waals surface area contributed by atoms with Crippen molar-refractivity contribution in [2.24, 2.45) is 11.1 Å². The van der Waals surface area contributed by atoms with E-state index in [9.17, 15) is 0 Å². The van der Waals surface area contributed by atoms with Gasteiger partial charge in [0.25, 0.3) is 0 Å². The lowest BCUT2D eigenvalue weighted by atomic mass is 9.85. The minimum absolute atomic E-state index is 0.218. The molecule has 1 unspecified atom stereocenters. The first-order valence-corrected chi connectivity index (χ1v) is 7.06. The van der Waals surface area contributed by atoms with Gasteiger partial charge in [-0.05, 0) is 44.4 Å². The van der Waals surface area contributed by atoms with Crippen molar-refractivity contribution < 1.29 is 0 Å². The van der Waals surface area contributed by atoms with E-state index in [1.165, 1.54) is 24.1 Å². The molecule has 0 amide bonds. The summed E-state index contributed by atoms with van der Waals surface area (Å²) in [4.78, 5) is 2.43. The molecule has 2 heteroatoms. The number of nitrogens with zero attached hydrogens (tertiary/aromatic N) is 1. The van der Waals surface area contributed by atoms with Crippen LogP contribution in [-0.4, -0.2) is 19.6 Å². The molecule has 0 aliphatic carbocycles. The second-order valence-corrected chi connectivity index (χ2v) is 5.61. The fourth-order valence-electron chi connectivity index (χ4n) is 2.45. The van der Waals surface area contributed by atoms with Crippen molar-refractivity contribution in [2.45, 2.75) is 40.5 Å². The van der Waals surface area contributed by atoms with Crippen LogP contribution < -0.4 is 10.6 Å². The summed E-state index contributed by atoms with van der Waals surface area (Å²) in [6.45, 7) is 11.7. The third-order valence-corrected chi connectivity index (χ3v) is 3.70. The van der Waals surface area contributed by atoms with Crippen LogP contribution in [0.4, 0.5) is 5.69 Å². The van der Waals surface area contributed by atoms with Gasteiger partial charge in [-0.3, -0.25) is 0 Å². The zero-order chi connectivity index (χ0) is 13.6. The van der Waals surface area contributed by atoms with Crippen molar-refractivity contribution in [2.75, 3.05) is 24.5 Å². The zero-order valence-electron chi connectivity index (χ0n) is 12.4. The highest BCUT2D eigenvalue weighted by Gasteiger charge is 2.24. The van der Waals surface area contributed by atoms with Crippen LogP contribution in [0.2, 0.25) is 0 Å². The summed E-state index contributed by atoms with van der Waals surface area (Å²) < 4.78 is 0. The van der Waals surface area contributed by atoms with Crippen LogP contribution >= 0.6 is 0 Å². The average Bonchev–Trinajstić information content (AvgIpc) is 2.37. The van der Waals surface area contributed by atoms with E-state index in [1.807, 2.05) is 0 Å². The van der Waals surface area contributed by atoms with Crippen molar-refractivity contribution in [3.05, 3.63) is 29.8 Å². The third-order valence-electron chi connectivity index (χ3n) is 3.70. The molecule has 0 aliphatic heterocycles. The molecule has 0 radical (unpaired) electrons. The molecule has 1 aromatic rings. The fourth-order valence-corrected chi connectivity index (χ4v) is 2.45. The Morgan fingerprint density at radius 2 is 1.78 bits per heavy atom. The Kier molecular flexibility index (Phi) is 5.67. The molecule has 0 heterocycles. The first-order valence-electron chi connectivity index (χ1n) is 7.06. The Bertz CT molecular complexity index is 345. The molecule has 1 aromatic carbocycles. The Balaban J connectivity index is 2.80. The average molecular weight is 248 g/mol. The summed E-state index contributed by atoms with van der Waals surface area (Å²) in [5.41, 5.74) is 8.80. The highest BCUT2D eigenvalue weighted by molar-refractivity contribution is 5.47. The lowest BCUT2D eigenvalue weighted by molar-refractivity contribution is 0.308. The summed E-state index contributed by atoms with van der Waals surface area (Å²) in [5.74, 6) is 0. The second kappa shape index (κ2) is 6.79. The molecule has 0 saturated heterocycles. The van der Waals surface area contributed by atoms with Gasteiger partial charge >= 0.3 is 0 Å². The summed E-state index contributed by atoms with van der Waals surface area (Å²) in [7, 11) is 0. The minimum Gasteiger partial charge on any atom is -0.371 e. The van der Waals surface area contributed by atoms with Gasteiger partial charge in [0, 0.05) is 18.8 Å². The van der Waals surface area contributed by atoms with E-state index in [2.05, 4.69) is 56.9 Å². The van der Waals surface area contributed by atoms with Gasteiger partial charge in [-0.2, -0.15) is 0 Å². The Labute approximate surface area is 112 Å². The lowest BCUT2D eigenvalue weighted by Gasteiger charge is -2.35. The molecule has 2 nitrogen and oxygen atoms in total. The SMILES string of the molecule is CCCC(C)(CN)CN(CC)c1ccc(C)cc1. The Morgan fingerprint density at radius 1 is 1.17 bits per heavy atom. The van der Waals surface area contributed by atoms with E-state index in [1.54, 1.807) is 0 Å². The quantitative estimate of drug-likeness (QED) is 0.799. The number of nitrogens with two attached hydrogens (primary N) is 1. The van der Waals surface area contributed by atoms with Gasteiger partial charge in [-0.1, -0.05) is 38.0 Å². The summed E-state index contributed by atoms with van der Waals surface area (Å²) in [6.07, 6.45) is 2.38. The van der Waals surface area contributed by atoms with Crippen molar-refractivity contribution in [1.82, 2.24) is 0 Å². The van der Waals surface area contributed by atoms with Crippen molar-refractivity contribution in [1.29, 1.82) is 0 Å². The van der Waals surface area contributed by atoms with Gasteiger partial charge in [0.15, 0.2) is 0 Å². The molecule has 18 heavy (non-hydrogen) atoms. The molecule has 0 spiro atoms. The molecule has 102 valence electrons. The number of rotatable bonds is 7. The summed E-state index contributed by atoms with van der Waals surface area (Å²) in [5, 5.41) is 0. The molecule has 0 fully saturated rings. The molecule has 1 rings (SSSR count). The minimum atomic E-state index is 0.218. The fraction of sp³-hybridized carbons (Fsp3) is 0.625. The van der Waals surface area contributed by atoms with E-state index < -0.39 is 0 Å². The van der Waals surface area contributed by atoms with Crippen molar-refractivity contribution >= 4 is 5.69 Å². The van der Waals surface area contributed by atoms with Gasteiger partial charge in [0.1, 0.15) is 0 Å². The highest BCUT2D eigenvalue weighted by atomic mass is 15.1. The topological polar surface area (TPSA) is 29.3 Å². The van der Waals surface area contributed by atoms with E-state index in [0.717, 1.165) is 19.6 Å². The first-order chi connectivity index (χ1) is 8.54. The van der Waals surface area contributed by atoms with E-state index >= 15 is 0 Å². The first kappa shape index (κ1) is 15.0. The van der Waals surface area contributed by atoms with Crippen LogP contribution in [0, 0.1) is 12.3 Å². The second-order valence-electron chi connectivity index (χ2n) is 5.61. The highest BCUT2D eigenvalue weighted by Crippen LogP contribution is 2.26. The monoisotopic (exact) mass is 248 g/mol. The molecular weight excluding hydrogens is 220 g/mol. The number of anilines is 1. The van der Waals surface area contributed by atoms with E-state index in [-0.39, 0.29) is 5.41 Å². The maximum atomic E-state index is 5.97. The van der Waals surface area contributed by atoms with Crippen LogP contribution in [0.5, 0.6) is 0 Å². The van der Waals surface area contributed by atoms with Crippen LogP contribution in [0.3, 0.4) is 0 Å². The number of benzene rings is 1. The standard InChI is InChI=1S/C16H28N2/c1-5-11-16(4,12-17)13-18(6-2)15-9-7-14(3)8-10-15/h7-10H,5-6,11-13,17H2,1-4H3. The van der Waals surface area contributed by atoms with Crippen LogP contribution in [-0.2, 0) is 0 Å². The lowest BCUT2D eigenvalue weighted by Crippen LogP contribution is -2.40. The van der Waals surface area contributed by atoms with Gasteiger partial charge in [-0.15, -0.1) is 0 Å². The predicted molar refractivity (Wildman–Crippen MR) is 81.1 cm³/mol. The molecule has 2 N–H and O–H groups in total. The molecule has 0 bridgehead atoms. The molecular formula is C16H28N2. The number of aryl methyl sites for hydroxylation is 1. The van der Waals surface area contributed by atoms with Gasteiger partial charge in [0.05, 0.1) is 0 Å². The number of hydrogen-bond acceptors (Lipinski definition) is 2.